The number of rotatable bonds is 7. The molecule has 178 valence electrons. The Hall–Kier alpha value is -3.79. The summed E-state index contributed by atoms with van der Waals surface area (Å²) in [5, 5.41) is 13.6. The molecule has 10 heteroatoms. The van der Waals surface area contributed by atoms with Crippen LogP contribution in [0.25, 0.3) is 6.08 Å². The summed E-state index contributed by atoms with van der Waals surface area (Å²) in [4.78, 5) is 46.7. The molecule has 3 rings (SSSR count). The van der Waals surface area contributed by atoms with Gasteiger partial charge in [0, 0.05) is 6.42 Å². The van der Waals surface area contributed by atoms with Gasteiger partial charge in [0.2, 0.25) is 0 Å². The van der Waals surface area contributed by atoms with E-state index >= 15 is 0 Å². The van der Waals surface area contributed by atoms with Crippen LogP contribution in [-0.2, 0) is 20.7 Å². The lowest BCUT2D eigenvalue weighted by Crippen LogP contribution is -2.44. The summed E-state index contributed by atoms with van der Waals surface area (Å²) in [6.45, 7) is 5.09. The minimum absolute atomic E-state index is 0.0757. The molecule has 0 radical (unpaired) electrons. The van der Waals surface area contributed by atoms with Gasteiger partial charge in [-0.1, -0.05) is 24.3 Å². The van der Waals surface area contributed by atoms with Crippen LogP contribution in [0.4, 0.5) is 9.59 Å². The zero-order chi connectivity index (χ0) is 24.9. The van der Waals surface area contributed by atoms with Crippen molar-refractivity contribution in [2.45, 2.75) is 38.8 Å². The van der Waals surface area contributed by atoms with Gasteiger partial charge in [0.1, 0.15) is 23.1 Å². The first-order valence-corrected chi connectivity index (χ1v) is 11.1. The van der Waals surface area contributed by atoms with Gasteiger partial charge in [-0.15, -0.1) is 0 Å². The number of amides is 3. The summed E-state index contributed by atoms with van der Waals surface area (Å²) in [6.07, 6.45) is 0.901. The number of carbonyl (C=O) groups excluding carboxylic acids is 3. The summed E-state index contributed by atoms with van der Waals surface area (Å²) in [7, 11) is 0. The average Bonchev–Trinajstić information content (AvgIpc) is 3.05. The van der Waals surface area contributed by atoms with Gasteiger partial charge in [0.25, 0.3) is 11.1 Å². The van der Waals surface area contributed by atoms with E-state index in [1.165, 1.54) is 0 Å². The molecule has 1 aliphatic rings. The number of benzene rings is 2. The van der Waals surface area contributed by atoms with E-state index in [4.69, 9.17) is 9.47 Å². The number of hydrogen-bond acceptors (Lipinski definition) is 7. The highest BCUT2D eigenvalue weighted by Gasteiger charge is 2.25. The number of ether oxygens (including phenoxy) is 2. The Bertz CT molecular complexity index is 1120. The van der Waals surface area contributed by atoms with Crippen molar-refractivity contribution in [2.75, 3.05) is 0 Å². The minimum atomic E-state index is -1.17. The quantitative estimate of drug-likeness (QED) is 0.495. The number of carboxylic acid groups (broad SMARTS) is 1. The van der Waals surface area contributed by atoms with Crippen molar-refractivity contribution in [3.05, 3.63) is 64.6 Å². The van der Waals surface area contributed by atoms with Crippen molar-refractivity contribution in [3.8, 4) is 11.5 Å². The van der Waals surface area contributed by atoms with Gasteiger partial charge in [-0.25, -0.2) is 9.59 Å². The van der Waals surface area contributed by atoms with Crippen LogP contribution in [0, 0.1) is 0 Å². The summed E-state index contributed by atoms with van der Waals surface area (Å²) >= 11 is 0.851. The van der Waals surface area contributed by atoms with Crippen LogP contribution in [0.15, 0.2) is 53.4 Å². The second-order valence-electron chi connectivity index (χ2n) is 8.41. The largest absolute Gasteiger partial charge is 0.480 e. The number of nitrogens with one attached hydrogen (secondary N) is 2. The molecule has 3 N–H and O–H groups in total. The Morgan fingerprint density at radius 1 is 1.06 bits per heavy atom. The third kappa shape index (κ3) is 7.38. The molecule has 9 nitrogen and oxygen atoms in total. The van der Waals surface area contributed by atoms with E-state index in [1.54, 1.807) is 75.4 Å². The van der Waals surface area contributed by atoms with Crippen LogP contribution < -0.4 is 15.4 Å². The van der Waals surface area contributed by atoms with E-state index in [0.29, 0.717) is 22.0 Å². The van der Waals surface area contributed by atoms with E-state index < -0.39 is 34.9 Å². The fourth-order valence-corrected chi connectivity index (χ4v) is 3.60. The van der Waals surface area contributed by atoms with Crippen molar-refractivity contribution < 1.29 is 33.8 Å². The summed E-state index contributed by atoms with van der Waals surface area (Å²) < 4.78 is 10.9. The molecule has 34 heavy (non-hydrogen) atoms. The zero-order valence-corrected chi connectivity index (χ0v) is 19.6. The molecular weight excluding hydrogens is 460 g/mol. The van der Waals surface area contributed by atoms with Gasteiger partial charge in [0.15, 0.2) is 0 Å². The summed E-state index contributed by atoms with van der Waals surface area (Å²) in [5.74, 6) is -0.483. The van der Waals surface area contributed by atoms with Crippen molar-refractivity contribution in [1.29, 1.82) is 0 Å². The zero-order valence-electron chi connectivity index (χ0n) is 18.8. The Morgan fingerprint density at radius 3 is 2.15 bits per heavy atom. The SMILES string of the molecule is CC(C)(C)OC(=O)NC(Cc1ccc(Oc2ccc(/C=C3\SC(=O)NC3=O)cc2)cc1)C(=O)O. The van der Waals surface area contributed by atoms with E-state index in [1.807, 2.05) is 0 Å². The number of carboxylic acids is 1. The molecule has 0 aliphatic carbocycles. The van der Waals surface area contributed by atoms with Crippen molar-refractivity contribution in [2.24, 2.45) is 0 Å². The van der Waals surface area contributed by atoms with Gasteiger partial charge >= 0.3 is 12.1 Å². The van der Waals surface area contributed by atoms with Gasteiger partial charge < -0.3 is 19.9 Å². The molecule has 0 aromatic heterocycles. The highest BCUT2D eigenvalue weighted by Crippen LogP contribution is 2.27. The minimum Gasteiger partial charge on any atom is -0.480 e. The fraction of sp³-hybridized carbons (Fsp3) is 0.250. The predicted octanol–water partition coefficient (Wildman–Crippen LogP) is 4.32. The summed E-state index contributed by atoms with van der Waals surface area (Å²) in [5.41, 5.74) is 0.705. The van der Waals surface area contributed by atoms with Gasteiger partial charge in [0.05, 0.1) is 4.91 Å². The average molecular weight is 485 g/mol. The molecule has 1 fully saturated rings. The third-order valence-corrected chi connectivity index (χ3v) is 5.22. The summed E-state index contributed by atoms with van der Waals surface area (Å²) in [6, 6.07) is 12.7. The first kappa shape index (κ1) is 24.8. The first-order chi connectivity index (χ1) is 16.0. The van der Waals surface area contributed by atoms with Gasteiger partial charge in [-0.3, -0.25) is 14.9 Å². The Morgan fingerprint density at radius 2 is 1.65 bits per heavy atom. The molecule has 0 saturated carbocycles. The number of alkyl carbamates (subject to hydrolysis) is 1. The molecular formula is C24H24N2O7S. The molecule has 0 spiro atoms. The second-order valence-corrected chi connectivity index (χ2v) is 9.42. The van der Waals surface area contributed by atoms with E-state index in [2.05, 4.69) is 10.6 Å². The molecule has 2 aromatic carbocycles. The number of hydrogen-bond donors (Lipinski definition) is 3. The lowest BCUT2D eigenvalue weighted by Gasteiger charge is -2.22. The maximum absolute atomic E-state index is 11.9. The second kappa shape index (κ2) is 10.4. The van der Waals surface area contributed by atoms with Crippen LogP contribution in [0.2, 0.25) is 0 Å². The smallest absolute Gasteiger partial charge is 0.408 e. The molecule has 3 amide bonds. The van der Waals surface area contributed by atoms with Crippen LogP contribution in [0.5, 0.6) is 11.5 Å². The van der Waals surface area contributed by atoms with Crippen LogP contribution in [0.1, 0.15) is 31.9 Å². The maximum atomic E-state index is 11.9. The topological polar surface area (TPSA) is 131 Å². The van der Waals surface area contributed by atoms with Crippen LogP contribution in [0.3, 0.4) is 0 Å². The number of imide groups is 1. The number of carbonyl (C=O) groups is 4. The highest BCUT2D eigenvalue weighted by atomic mass is 32.2. The normalized spacial score (nSPS) is 15.6. The maximum Gasteiger partial charge on any atom is 0.408 e. The number of thioether (sulfide) groups is 1. The molecule has 2 aromatic rings. The predicted molar refractivity (Wildman–Crippen MR) is 127 cm³/mol. The Balaban J connectivity index is 1.59. The molecule has 1 saturated heterocycles. The standard InChI is InChI=1S/C24H24N2O7S/c1-24(2,3)33-22(30)25-18(21(28)29)12-14-4-8-16(9-5-14)32-17-10-6-15(7-11-17)13-19-20(27)26-23(31)34-19/h4-11,13,18H,12H2,1-3H3,(H,25,30)(H,28,29)(H,26,27,31)/b19-13-. The first-order valence-electron chi connectivity index (χ1n) is 10.3. The van der Waals surface area contributed by atoms with E-state index in [0.717, 1.165) is 17.3 Å². The molecule has 1 aliphatic heterocycles. The van der Waals surface area contributed by atoms with Crippen LogP contribution >= 0.6 is 11.8 Å². The molecule has 1 unspecified atom stereocenters. The third-order valence-electron chi connectivity index (χ3n) is 4.41. The van der Waals surface area contributed by atoms with Crippen molar-refractivity contribution in [3.63, 3.8) is 0 Å². The highest BCUT2D eigenvalue weighted by molar-refractivity contribution is 8.18. The monoisotopic (exact) mass is 484 g/mol. The lowest BCUT2D eigenvalue weighted by molar-refractivity contribution is -0.139. The molecule has 0 bridgehead atoms. The Labute approximate surface area is 200 Å². The lowest BCUT2D eigenvalue weighted by atomic mass is 10.1. The van der Waals surface area contributed by atoms with Crippen molar-refractivity contribution in [1.82, 2.24) is 10.6 Å². The fourth-order valence-electron chi connectivity index (χ4n) is 2.92. The Kier molecular flexibility index (Phi) is 7.62. The van der Waals surface area contributed by atoms with Crippen LogP contribution in [-0.4, -0.2) is 40.0 Å². The molecule has 1 heterocycles. The van der Waals surface area contributed by atoms with Gasteiger partial charge in [-0.05, 0) is 74.0 Å². The number of aliphatic carboxylic acids is 1. The van der Waals surface area contributed by atoms with E-state index in [-0.39, 0.29) is 6.42 Å². The van der Waals surface area contributed by atoms with Gasteiger partial charge in [-0.2, -0.15) is 0 Å². The van der Waals surface area contributed by atoms with Crippen molar-refractivity contribution >= 4 is 41.0 Å². The van der Waals surface area contributed by atoms with E-state index in [9.17, 15) is 24.3 Å². The molecule has 1 atom stereocenters.